The molecule has 138 valence electrons. The summed E-state index contributed by atoms with van der Waals surface area (Å²) in [4.78, 5) is 27.3. The van der Waals surface area contributed by atoms with Crippen molar-refractivity contribution in [3.8, 4) is 17.0 Å². The number of aromatic nitrogens is 1. The van der Waals surface area contributed by atoms with Gasteiger partial charge < -0.3 is 4.74 Å². The Kier molecular flexibility index (Phi) is 5.59. The number of halogens is 2. The zero-order valence-corrected chi connectivity index (χ0v) is 16.1. The van der Waals surface area contributed by atoms with Crippen LogP contribution in [-0.2, 0) is 0 Å². The first kappa shape index (κ1) is 19.1. The molecule has 0 aliphatic carbocycles. The lowest BCUT2D eigenvalue weighted by atomic mass is 10.1. The zero-order chi connectivity index (χ0) is 19.6. The van der Waals surface area contributed by atoms with E-state index in [2.05, 4.69) is 10.3 Å². The number of nitrogens with zero attached hydrogens (tertiary/aromatic N) is 2. The summed E-state index contributed by atoms with van der Waals surface area (Å²) in [6.07, 6.45) is 0. The number of ether oxygens (including phenoxy) is 1. The third-order valence-electron chi connectivity index (χ3n) is 3.53. The van der Waals surface area contributed by atoms with Gasteiger partial charge in [-0.15, -0.1) is 11.3 Å². The number of rotatable bonds is 5. The van der Waals surface area contributed by atoms with Gasteiger partial charge in [0, 0.05) is 28.1 Å². The fourth-order valence-electron chi connectivity index (χ4n) is 2.34. The molecule has 0 bridgehead atoms. The molecule has 0 aliphatic heterocycles. The van der Waals surface area contributed by atoms with Gasteiger partial charge in [-0.2, -0.15) is 0 Å². The van der Waals surface area contributed by atoms with Crippen LogP contribution >= 0.6 is 34.5 Å². The molecule has 1 N–H and O–H groups in total. The van der Waals surface area contributed by atoms with Crippen LogP contribution in [0.2, 0.25) is 10.0 Å². The Morgan fingerprint density at radius 3 is 2.78 bits per heavy atom. The van der Waals surface area contributed by atoms with Crippen molar-refractivity contribution in [3.63, 3.8) is 0 Å². The number of nitro benzene ring substituents is 1. The number of carbonyl (C=O) groups is 1. The molecule has 0 atom stereocenters. The van der Waals surface area contributed by atoms with Gasteiger partial charge in [0.2, 0.25) is 0 Å². The molecular formula is C17H11Cl2N3O4S. The van der Waals surface area contributed by atoms with E-state index in [1.807, 2.05) is 0 Å². The van der Waals surface area contributed by atoms with E-state index in [-0.39, 0.29) is 22.0 Å². The number of hydrogen-bond donors (Lipinski definition) is 1. The fourth-order valence-corrected chi connectivity index (χ4v) is 3.63. The molecule has 10 heteroatoms. The van der Waals surface area contributed by atoms with E-state index in [1.165, 1.54) is 42.7 Å². The van der Waals surface area contributed by atoms with E-state index in [9.17, 15) is 14.9 Å². The first-order valence-electron chi connectivity index (χ1n) is 7.43. The van der Waals surface area contributed by atoms with Crippen molar-refractivity contribution >= 4 is 51.3 Å². The maximum atomic E-state index is 12.6. The Balaban J connectivity index is 1.85. The Morgan fingerprint density at radius 2 is 2.07 bits per heavy atom. The van der Waals surface area contributed by atoms with Crippen LogP contribution < -0.4 is 10.1 Å². The van der Waals surface area contributed by atoms with Gasteiger partial charge in [0.05, 0.1) is 28.3 Å². The molecule has 0 saturated heterocycles. The predicted molar refractivity (Wildman–Crippen MR) is 105 cm³/mol. The maximum Gasteiger partial charge on any atom is 0.270 e. The number of carbonyl (C=O) groups excluding carboxylic acids is 1. The van der Waals surface area contributed by atoms with Crippen molar-refractivity contribution in [1.82, 2.24) is 4.98 Å². The number of nitrogens with one attached hydrogen (secondary N) is 1. The lowest BCUT2D eigenvalue weighted by molar-refractivity contribution is -0.384. The summed E-state index contributed by atoms with van der Waals surface area (Å²) < 4.78 is 5.17. The van der Waals surface area contributed by atoms with Crippen LogP contribution in [0.15, 0.2) is 41.8 Å². The first-order valence-corrected chi connectivity index (χ1v) is 9.07. The summed E-state index contributed by atoms with van der Waals surface area (Å²) in [5, 5.41) is 16.1. The molecule has 0 fully saturated rings. The summed E-state index contributed by atoms with van der Waals surface area (Å²) in [6, 6.07) is 9.00. The number of methoxy groups -OCH3 is 1. The number of thiazole rings is 1. The summed E-state index contributed by atoms with van der Waals surface area (Å²) in [5.41, 5.74) is 1.21. The number of anilines is 1. The van der Waals surface area contributed by atoms with Gasteiger partial charge in [-0.25, -0.2) is 4.98 Å². The average molecular weight is 424 g/mol. The monoisotopic (exact) mass is 423 g/mol. The summed E-state index contributed by atoms with van der Waals surface area (Å²) in [7, 11) is 1.40. The van der Waals surface area contributed by atoms with Crippen molar-refractivity contribution < 1.29 is 14.5 Å². The van der Waals surface area contributed by atoms with E-state index in [0.29, 0.717) is 21.4 Å². The Labute approximate surface area is 167 Å². The Hall–Kier alpha value is -2.68. The number of amides is 1. The first-order chi connectivity index (χ1) is 12.9. The van der Waals surface area contributed by atoms with Gasteiger partial charge in [0.1, 0.15) is 5.75 Å². The second kappa shape index (κ2) is 7.91. The molecule has 1 heterocycles. The van der Waals surface area contributed by atoms with E-state index in [1.54, 1.807) is 17.5 Å². The molecule has 0 spiro atoms. The largest absolute Gasteiger partial charge is 0.494 e. The van der Waals surface area contributed by atoms with E-state index >= 15 is 0 Å². The zero-order valence-electron chi connectivity index (χ0n) is 13.7. The van der Waals surface area contributed by atoms with Crippen molar-refractivity contribution in [3.05, 3.63) is 67.5 Å². The molecule has 2 aromatic carbocycles. The van der Waals surface area contributed by atoms with Gasteiger partial charge in [-0.1, -0.05) is 35.3 Å². The molecule has 3 rings (SSSR count). The molecule has 0 unspecified atom stereocenters. The summed E-state index contributed by atoms with van der Waals surface area (Å²) in [5.74, 6) is -0.287. The lowest BCUT2D eigenvalue weighted by Crippen LogP contribution is -2.13. The minimum Gasteiger partial charge on any atom is -0.494 e. The van der Waals surface area contributed by atoms with E-state index in [0.717, 1.165) is 0 Å². The third kappa shape index (κ3) is 4.19. The quantitative estimate of drug-likeness (QED) is 0.444. The normalized spacial score (nSPS) is 10.5. The molecule has 1 aromatic heterocycles. The number of benzene rings is 2. The second-order valence-corrected chi connectivity index (χ2v) is 6.97. The van der Waals surface area contributed by atoms with Gasteiger partial charge in [-0.3, -0.25) is 20.2 Å². The van der Waals surface area contributed by atoms with E-state index in [4.69, 9.17) is 27.9 Å². The van der Waals surface area contributed by atoms with Crippen LogP contribution in [-0.4, -0.2) is 22.9 Å². The molecule has 0 aliphatic rings. The van der Waals surface area contributed by atoms with Crippen LogP contribution in [0.25, 0.3) is 11.3 Å². The highest BCUT2D eigenvalue weighted by molar-refractivity contribution is 7.14. The van der Waals surface area contributed by atoms with Crippen LogP contribution in [0.4, 0.5) is 10.8 Å². The molecule has 1 amide bonds. The van der Waals surface area contributed by atoms with E-state index < -0.39 is 10.8 Å². The second-order valence-electron chi connectivity index (χ2n) is 5.27. The van der Waals surface area contributed by atoms with Crippen LogP contribution in [0.3, 0.4) is 0 Å². The molecular weight excluding hydrogens is 413 g/mol. The molecule has 3 aromatic rings. The summed E-state index contributed by atoms with van der Waals surface area (Å²) in [6.45, 7) is 0. The van der Waals surface area contributed by atoms with Crippen molar-refractivity contribution in [1.29, 1.82) is 0 Å². The SMILES string of the molecule is COc1c(Cl)cc(Cl)cc1C(=O)Nc1nc(-c2cccc([N+](=O)[O-])c2)cs1. The molecule has 0 radical (unpaired) electrons. The van der Waals surface area contributed by atoms with Gasteiger partial charge in [0.15, 0.2) is 5.13 Å². The van der Waals surface area contributed by atoms with Gasteiger partial charge >= 0.3 is 0 Å². The Morgan fingerprint density at radius 1 is 1.30 bits per heavy atom. The minimum atomic E-state index is -0.490. The maximum absolute atomic E-state index is 12.6. The number of nitro groups is 1. The minimum absolute atomic E-state index is 0.0376. The highest BCUT2D eigenvalue weighted by atomic mass is 35.5. The highest BCUT2D eigenvalue weighted by Crippen LogP contribution is 2.33. The van der Waals surface area contributed by atoms with Crippen molar-refractivity contribution in [2.24, 2.45) is 0 Å². The van der Waals surface area contributed by atoms with Crippen LogP contribution in [0, 0.1) is 10.1 Å². The number of non-ortho nitro benzene ring substituents is 1. The molecule has 7 nitrogen and oxygen atoms in total. The highest BCUT2D eigenvalue weighted by Gasteiger charge is 2.18. The van der Waals surface area contributed by atoms with Crippen molar-refractivity contribution in [2.75, 3.05) is 12.4 Å². The smallest absolute Gasteiger partial charge is 0.270 e. The predicted octanol–water partition coefficient (Wildman–Crippen LogP) is 5.29. The van der Waals surface area contributed by atoms with Crippen LogP contribution in [0.5, 0.6) is 5.75 Å². The number of hydrogen-bond acceptors (Lipinski definition) is 6. The molecule has 0 saturated carbocycles. The third-order valence-corrected chi connectivity index (χ3v) is 4.79. The Bertz CT molecular complexity index is 1040. The standard InChI is InChI=1S/C17H11Cl2N3O4S/c1-26-15-12(6-10(18)7-13(15)19)16(23)21-17-20-14(8-27-17)9-3-2-4-11(5-9)22(24)25/h2-8H,1H3,(H,20,21,23). The van der Waals surface area contributed by atoms with Gasteiger partial charge in [-0.05, 0) is 12.1 Å². The van der Waals surface area contributed by atoms with Crippen LogP contribution in [0.1, 0.15) is 10.4 Å². The topological polar surface area (TPSA) is 94.4 Å². The van der Waals surface area contributed by atoms with Crippen molar-refractivity contribution in [2.45, 2.75) is 0 Å². The lowest BCUT2D eigenvalue weighted by Gasteiger charge is -2.10. The van der Waals surface area contributed by atoms with Gasteiger partial charge in [0.25, 0.3) is 11.6 Å². The summed E-state index contributed by atoms with van der Waals surface area (Å²) >= 11 is 13.2. The molecule has 27 heavy (non-hydrogen) atoms. The fraction of sp³-hybridized carbons (Fsp3) is 0.0588. The average Bonchev–Trinajstić information content (AvgIpc) is 3.09.